The first-order chi connectivity index (χ1) is 11.9. The molecule has 0 saturated carbocycles. The molecule has 142 valence electrons. The summed E-state index contributed by atoms with van der Waals surface area (Å²) >= 11 is 0. The molecule has 1 aromatic rings. The summed E-state index contributed by atoms with van der Waals surface area (Å²) in [6, 6.07) is 4.29. The van der Waals surface area contributed by atoms with E-state index in [4.69, 9.17) is 4.42 Å². The van der Waals surface area contributed by atoms with Crippen LogP contribution in [0, 0.1) is 0 Å². The van der Waals surface area contributed by atoms with Crippen molar-refractivity contribution < 1.29 is 4.42 Å². The Kier molecular flexibility index (Phi) is 7.32. The van der Waals surface area contributed by atoms with Gasteiger partial charge in [-0.05, 0) is 66.0 Å². The number of furan rings is 1. The van der Waals surface area contributed by atoms with Crippen LogP contribution >= 0.6 is 0 Å². The van der Waals surface area contributed by atoms with Gasteiger partial charge in [0, 0.05) is 25.7 Å². The number of guanidine groups is 1. The van der Waals surface area contributed by atoms with Gasteiger partial charge in [0.15, 0.2) is 5.96 Å². The average Bonchev–Trinajstić information content (AvgIpc) is 3.13. The quantitative estimate of drug-likeness (QED) is 0.584. The van der Waals surface area contributed by atoms with Crippen LogP contribution < -0.4 is 10.6 Å². The minimum absolute atomic E-state index is 0.0604. The molecule has 2 N–H and O–H groups in total. The smallest absolute Gasteiger partial charge is 0.191 e. The van der Waals surface area contributed by atoms with Crippen LogP contribution in [0.3, 0.4) is 0 Å². The summed E-state index contributed by atoms with van der Waals surface area (Å²) in [5.74, 6) is 1.86. The van der Waals surface area contributed by atoms with Crippen LogP contribution in [0.4, 0.5) is 0 Å². The highest BCUT2D eigenvalue weighted by molar-refractivity contribution is 5.79. The third-order valence-corrected chi connectivity index (χ3v) is 5.29. The van der Waals surface area contributed by atoms with Crippen LogP contribution in [-0.2, 0) is 0 Å². The number of rotatable bonds is 7. The van der Waals surface area contributed by atoms with Gasteiger partial charge in [-0.3, -0.25) is 9.89 Å². The first-order valence-corrected chi connectivity index (χ1v) is 9.33. The van der Waals surface area contributed by atoms with Crippen molar-refractivity contribution in [2.45, 2.75) is 44.7 Å². The highest BCUT2D eigenvalue weighted by Gasteiger charge is 2.25. The molecule has 0 bridgehead atoms. The van der Waals surface area contributed by atoms with Gasteiger partial charge in [0.25, 0.3) is 0 Å². The predicted octanol–water partition coefficient (Wildman–Crippen LogP) is 2.31. The van der Waals surface area contributed by atoms with Crippen LogP contribution in [0.2, 0.25) is 0 Å². The second-order valence-electron chi connectivity index (χ2n) is 7.64. The van der Waals surface area contributed by atoms with Gasteiger partial charge in [0.2, 0.25) is 0 Å². The second-order valence-corrected chi connectivity index (χ2v) is 7.64. The Labute approximate surface area is 152 Å². The van der Waals surface area contributed by atoms with Crippen molar-refractivity contribution in [1.82, 2.24) is 20.4 Å². The lowest BCUT2D eigenvalue weighted by atomic mass is 10.0. The molecule has 1 saturated heterocycles. The topological polar surface area (TPSA) is 56.0 Å². The zero-order valence-electron chi connectivity index (χ0n) is 16.5. The molecule has 0 spiro atoms. The summed E-state index contributed by atoms with van der Waals surface area (Å²) in [5.41, 5.74) is 0.0604. The number of hydrogen-bond acceptors (Lipinski definition) is 4. The molecule has 2 rings (SSSR count). The Balaban J connectivity index is 1.94. The monoisotopic (exact) mass is 349 g/mol. The Morgan fingerprint density at radius 3 is 2.56 bits per heavy atom. The normalized spacial score (nSPS) is 18.4. The average molecular weight is 350 g/mol. The van der Waals surface area contributed by atoms with Crippen LogP contribution in [0.25, 0.3) is 0 Å². The lowest BCUT2D eigenvalue weighted by Gasteiger charge is -2.35. The Bertz CT molecular complexity index is 518. The summed E-state index contributed by atoms with van der Waals surface area (Å²) in [6.45, 7) is 8.31. The number of likely N-dealkylation sites (tertiary alicyclic amines) is 1. The molecule has 1 fully saturated rings. The maximum absolute atomic E-state index is 5.71. The summed E-state index contributed by atoms with van der Waals surface area (Å²) in [5, 5.41) is 6.93. The molecular weight excluding hydrogens is 314 g/mol. The number of piperidine rings is 1. The van der Waals surface area contributed by atoms with Crippen LogP contribution in [0.15, 0.2) is 27.8 Å². The molecule has 1 atom stereocenters. The molecule has 2 heterocycles. The zero-order chi connectivity index (χ0) is 18.3. The molecule has 6 nitrogen and oxygen atoms in total. The second kappa shape index (κ2) is 9.25. The molecule has 6 heteroatoms. The lowest BCUT2D eigenvalue weighted by Crippen LogP contribution is -2.51. The molecule has 25 heavy (non-hydrogen) atoms. The van der Waals surface area contributed by atoms with E-state index in [1.54, 1.807) is 6.26 Å². The van der Waals surface area contributed by atoms with Gasteiger partial charge in [-0.25, -0.2) is 0 Å². The van der Waals surface area contributed by atoms with Gasteiger partial charge < -0.3 is 20.0 Å². The zero-order valence-corrected chi connectivity index (χ0v) is 16.5. The third kappa shape index (κ3) is 5.75. The third-order valence-electron chi connectivity index (χ3n) is 5.29. The summed E-state index contributed by atoms with van der Waals surface area (Å²) in [6.07, 6.45) is 5.62. The predicted molar refractivity (Wildman–Crippen MR) is 104 cm³/mol. The molecule has 0 amide bonds. The molecule has 0 aromatic carbocycles. The Morgan fingerprint density at radius 2 is 2.00 bits per heavy atom. The number of nitrogens with one attached hydrogen (secondary N) is 2. The lowest BCUT2D eigenvalue weighted by molar-refractivity contribution is 0.146. The molecule has 0 radical (unpaired) electrons. The van der Waals surface area contributed by atoms with Crippen LogP contribution in [0.1, 0.15) is 44.9 Å². The first kappa shape index (κ1) is 19.8. The Morgan fingerprint density at radius 1 is 1.28 bits per heavy atom. The van der Waals surface area contributed by atoms with E-state index in [1.807, 2.05) is 13.1 Å². The number of aliphatic imine (C=N–C) groups is 1. The maximum Gasteiger partial charge on any atom is 0.191 e. The SMILES string of the molecule is CN=C(NCC(c1ccco1)N1CCCCC1)NCC(C)(C)N(C)C. The van der Waals surface area contributed by atoms with Crippen LogP contribution in [-0.4, -0.2) is 68.6 Å². The van der Waals surface area contributed by atoms with Crippen molar-refractivity contribution in [1.29, 1.82) is 0 Å². The molecule has 1 unspecified atom stereocenters. The first-order valence-electron chi connectivity index (χ1n) is 9.33. The number of hydrogen-bond donors (Lipinski definition) is 2. The van der Waals surface area contributed by atoms with Crippen molar-refractivity contribution in [3.05, 3.63) is 24.2 Å². The van der Waals surface area contributed by atoms with E-state index in [2.05, 4.69) is 59.4 Å². The van der Waals surface area contributed by atoms with E-state index < -0.39 is 0 Å². The van der Waals surface area contributed by atoms with E-state index in [9.17, 15) is 0 Å². The van der Waals surface area contributed by atoms with Gasteiger partial charge in [0.05, 0.1) is 12.3 Å². The van der Waals surface area contributed by atoms with Gasteiger partial charge in [-0.1, -0.05) is 6.42 Å². The van der Waals surface area contributed by atoms with Gasteiger partial charge in [-0.2, -0.15) is 0 Å². The van der Waals surface area contributed by atoms with E-state index in [1.165, 1.54) is 19.3 Å². The molecule has 1 aliphatic rings. The highest BCUT2D eigenvalue weighted by Crippen LogP contribution is 2.24. The maximum atomic E-state index is 5.71. The highest BCUT2D eigenvalue weighted by atomic mass is 16.3. The number of likely N-dealkylation sites (N-methyl/N-ethyl adjacent to an activating group) is 1. The fourth-order valence-corrected chi connectivity index (χ4v) is 2.99. The van der Waals surface area contributed by atoms with E-state index in [-0.39, 0.29) is 11.6 Å². The minimum Gasteiger partial charge on any atom is -0.468 e. The fourth-order valence-electron chi connectivity index (χ4n) is 2.99. The van der Waals surface area contributed by atoms with Crippen molar-refractivity contribution >= 4 is 5.96 Å². The van der Waals surface area contributed by atoms with Crippen molar-refractivity contribution in [2.24, 2.45) is 4.99 Å². The standard InChI is InChI=1S/C19H35N5O/c1-19(2,23(4)5)15-22-18(20-3)21-14-16(17-10-9-13-25-17)24-11-7-6-8-12-24/h9-10,13,16H,6-8,11-12,14-15H2,1-5H3,(H2,20,21,22). The summed E-state index contributed by atoms with van der Waals surface area (Å²) in [7, 11) is 6.02. The fraction of sp³-hybridized carbons (Fsp3) is 0.737. The van der Waals surface area contributed by atoms with Gasteiger partial charge in [-0.15, -0.1) is 0 Å². The molecular formula is C19H35N5O. The summed E-state index contributed by atoms with van der Waals surface area (Å²) < 4.78 is 5.71. The minimum atomic E-state index is 0.0604. The largest absolute Gasteiger partial charge is 0.468 e. The van der Waals surface area contributed by atoms with E-state index in [0.717, 1.165) is 37.9 Å². The van der Waals surface area contributed by atoms with Crippen molar-refractivity contribution in [3.8, 4) is 0 Å². The van der Waals surface area contributed by atoms with E-state index in [0.29, 0.717) is 0 Å². The van der Waals surface area contributed by atoms with Crippen molar-refractivity contribution in [2.75, 3.05) is 47.3 Å². The van der Waals surface area contributed by atoms with Gasteiger partial charge >= 0.3 is 0 Å². The summed E-state index contributed by atoms with van der Waals surface area (Å²) in [4.78, 5) is 9.11. The molecule has 1 aliphatic heterocycles. The number of nitrogens with zero attached hydrogens (tertiary/aromatic N) is 3. The Hall–Kier alpha value is -1.53. The van der Waals surface area contributed by atoms with Gasteiger partial charge in [0.1, 0.15) is 5.76 Å². The van der Waals surface area contributed by atoms with E-state index >= 15 is 0 Å². The van der Waals surface area contributed by atoms with Crippen LogP contribution in [0.5, 0.6) is 0 Å². The molecule has 1 aromatic heterocycles. The van der Waals surface area contributed by atoms with Crippen molar-refractivity contribution in [3.63, 3.8) is 0 Å². The molecule has 0 aliphatic carbocycles.